The number of hydrogen-bond donors (Lipinski definition) is 1. The summed E-state index contributed by atoms with van der Waals surface area (Å²) in [6.45, 7) is 6.52. The number of carbonyl (C=O) groups is 4. The van der Waals surface area contributed by atoms with Crippen LogP contribution in [0.25, 0.3) is 16.8 Å². The zero-order chi connectivity index (χ0) is 23.5. The highest BCUT2D eigenvalue weighted by atomic mass is 16.6. The molecule has 2 fully saturated rings. The third kappa shape index (κ3) is 3.65. The Hall–Kier alpha value is -3.68. The van der Waals surface area contributed by atoms with E-state index in [2.05, 4.69) is 5.32 Å². The quantitative estimate of drug-likeness (QED) is 0.713. The predicted molar refractivity (Wildman–Crippen MR) is 123 cm³/mol. The molecule has 33 heavy (non-hydrogen) atoms. The first-order chi connectivity index (χ1) is 15.6. The van der Waals surface area contributed by atoms with Crippen molar-refractivity contribution in [2.24, 2.45) is 0 Å². The lowest BCUT2D eigenvalue weighted by molar-refractivity contribution is -0.134. The lowest BCUT2D eigenvalue weighted by Gasteiger charge is -2.35. The summed E-state index contributed by atoms with van der Waals surface area (Å²) in [4.78, 5) is 52.6. The van der Waals surface area contributed by atoms with Crippen molar-refractivity contribution in [2.45, 2.75) is 45.3 Å². The van der Waals surface area contributed by atoms with E-state index in [0.717, 1.165) is 21.9 Å². The molecule has 0 aromatic heterocycles. The molecule has 5 rings (SSSR count). The highest BCUT2D eigenvalue weighted by molar-refractivity contribution is 6.28. The van der Waals surface area contributed by atoms with Gasteiger partial charge in [0.2, 0.25) is 11.8 Å². The van der Waals surface area contributed by atoms with Crippen LogP contribution in [-0.4, -0.2) is 53.4 Å². The van der Waals surface area contributed by atoms with E-state index in [0.29, 0.717) is 30.8 Å². The summed E-state index contributed by atoms with van der Waals surface area (Å²) in [5.74, 6) is -0.980. The van der Waals surface area contributed by atoms with E-state index >= 15 is 0 Å². The molecule has 4 amide bonds. The Morgan fingerprint density at radius 2 is 1.88 bits per heavy atom. The minimum atomic E-state index is -0.705. The number of piperidine rings is 1. The largest absolute Gasteiger partial charge is 0.444 e. The second kappa shape index (κ2) is 7.43. The maximum Gasteiger partial charge on any atom is 0.410 e. The van der Waals surface area contributed by atoms with E-state index in [1.165, 1.54) is 4.90 Å². The Bertz CT molecular complexity index is 1250. The molecule has 0 saturated carbocycles. The number of anilines is 1. The number of nitrogens with zero attached hydrogens (tertiary/aromatic N) is 2. The summed E-state index contributed by atoms with van der Waals surface area (Å²) in [6, 6.07) is 8.65. The van der Waals surface area contributed by atoms with Crippen molar-refractivity contribution in [2.75, 3.05) is 18.0 Å². The highest BCUT2D eigenvalue weighted by Crippen LogP contribution is 2.41. The van der Waals surface area contributed by atoms with Crippen LogP contribution in [0.3, 0.4) is 0 Å². The van der Waals surface area contributed by atoms with Gasteiger partial charge >= 0.3 is 6.09 Å². The Morgan fingerprint density at radius 1 is 1.12 bits per heavy atom. The number of imide groups is 1. The molecular formula is C25H25N3O5. The molecule has 0 spiro atoms. The SMILES string of the molecule is CC(C)(C)OC(=O)N1CC(=Cc2ccc3c4c(cccc24)N(C2CCC(=O)NC2=O)C3=O)C1. The van der Waals surface area contributed by atoms with Gasteiger partial charge in [-0.1, -0.05) is 24.3 Å². The standard InChI is InChI=1S/C25H25N3O5/c1-25(2,3)33-24(32)27-12-14(13-27)11-15-7-8-17-21-16(15)5-4-6-18(21)28(23(17)31)19-9-10-20(29)26-22(19)30/h4-8,11,19H,9-10,12-13H2,1-3H3,(H,26,29,30). The molecular weight excluding hydrogens is 422 g/mol. The van der Waals surface area contributed by atoms with Crippen molar-refractivity contribution in [1.82, 2.24) is 10.2 Å². The molecule has 1 N–H and O–H groups in total. The predicted octanol–water partition coefficient (Wildman–Crippen LogP) is 3.24. The monoisotopic (exact) mass is 447 g/mol. The summed E-state index contributed by atoms with van der Waals surface area (Å²) in [7, 11) is 0. The highest BCUT2D eigenvalue weighted by Gasteiger charge is 2.40. The van der Waals surface area contributed by atoms with Crippen molar-refractivity contribution < 1.29 is 23.9 Å². The van der Waals surface area contributed by atoms with E-state index in [-0.39, 0.29) is 24.3 Å². The first kappa shape index (κ1) is 21.2. The van der Waals surface area contributed by atoms with Crippen molar-refractivity contribution in [3.8, 4) is 0 Å². The minimum Gasteiger partial charge on any atom is -0.444 e. The van der Waals surface area contributed by atoms with Gasteiger partial charge in [0.05, 0.1) is 5.69 Å². The van der Waals surface area contributed by atoms with Gasteiger partial charge in [0.15, 0.2) is 0 Å². The van der Waals surface area contributed by atoms with Gasteiger partial charge in [0.1, 0.15) is 11.6 Å². The molecule has 3 heterocycles. The number of rotatable bonds is 2. The van der Waals surface area contributed by atoms with Gasteiger partial charge in [0, 0.05) is 30.5 Å². The fourth-order valence-electron chi connectivity index (χ4n) is 4.60. The van der Waals surface area contributed by atoms with E-state index in [1.807, 2.05) is 51.1 Å². The van der Waals surface area contributed by atoms with Crippen LogP contribution in [-0.2, 0) is 14.3 Å². The zero-order valence-corrected chi connectivity index (χ0v) is 18.8. The maximum absolute atomic E-state index is 13.2. The molecule has 170 valence electrons. The van der Waals surface area contributed by atoms with Gasteiger partial charge in [-0.05, 0) is 55.8 Å². The first-order valence-corrected chi connectivity index (χ1v) is 11.0. The molecule has 8 nitrogen and oxygen atoms in total. The molecule has 2 aromatic rings. The van der Waals surface area contributed by atoms with Crippen molar-refractivity contribution in [3.05, 3.63) is 47.0 Å². The maximum atomic E-state index is 13.2. The second-order valence-corrected chi connectivity index (χ2v) is 9.68. The van der Waals surface area contributed by atoms with Crippen LogP contribution in [0, 0.1) is 0 Å². The van der Waals surface area contributed by atoms with Gasteiger partial charge in [0.25, 0.3) is 5.91 Å². The fraction of sp³-hybridized carbons (Fsp3) is 0.360. The summed E-state index contributed by atoms with van der Waals surface area (Å²) in [5.41, 5.74) is 2.75. The van der Waals surface area contributed by atoms with Crippen LogP contribution < -0.4 is 10.2 Å². The number of nitrogens with one attached hydrogen (secondary N) is 1. The van der Waals surface area contributed by atoms with Crippen LogP contribution in [0.15, 0.2) is 35.9 Å². The van der Waals surface area contributed by atoms with Crippen LogP contribution in [0.4, 0.5) is 10.5 Å². The smallest absolute Gasteiger partial charge is 0.410 e. The Labute approximate surface area is 191 Å². The van der Waals surface area contributed by atoms with E-state index < -0.39 is 17.6 Å². The molecule has 3 aliphatic heterocycles. The topological polar surface area (TPSA) is 96.0 Å². The van der Waals surface area contributed by atoms with Crippen LogP contribution in [0.5, 0.6) is 0 Å². The number of likely N-dealkylation sites (tertiary alicyclic amines) is 1. The lowest BCUT2D eigenvalue weighted by Crippen LogP contribution is -2.53. The molecule has 0 radical (unpaired) electrons. The lowest BCUT2D eigenvalue weighted by atomic mass is 9.97. The van der Waals surface area contributed by atoms with E-state index in [1.54, 1.807) is 11.0 Å². The molecule has 2 aromatic carbocycles. The Kier molecular flexibility index (Phi) is 4.77. The molecule has 3 aliphatic rings. The summed E-state index contributed by atoms with van der Waals surface area (Å²) in [6.07, 6.45) is 2.23. The van der Waals surface area contributed by atoms with Crippen LogP contribution in [0.2, 0.25) is 0 Å². The second-order valence-electron chi connectivity index (χ2n) is 9.68. The van der Waals surface area contributed by atoms with E-state index in [9.17, 15) is 19.2 Å². The van der Waals surface area contributed by atoms with E-state index in [4.69, 9.17) is 4.74 Å². The summed E-state index contributed by atoms with van der Waals surface area (Å²) in [5, 5.41) is 4.07. The average Bonchev–Trinajstić information content (AvgIpc) is 2.98. The summed E-state index contributed by atoms with van der Waals surface area (Å²) < 4.78 is 5.41. The molecule has 2 saturated heterocycles. The zero-order valence-electron chi connectivity index (χ0n) is 18.8. The van der Waals surface area contributed by atoms with Crippen molar-refractivity contribution in [3.63, 3.8) is 0 Å². The molecule has 8 heteroatoms. The third-order valence-electron chi connectivity index (χ3n) is 6.08. The number of carbonyl (C=O) groups excluding carboxylic acids is 4. The number of amides is 4. The normalized spacial score (nSPS) is 20.2. The molecule has 1 unspecified atom stereocenters. The third-order valence-corrected chi connectivity index (χ3v) is 6.08. The van der Waals surface area contributed by atoms with Crippen LogP contribution >= 0.6 is 0 Å². The number of hydrogen-bond acceptors (Lipinski definition) is 5. The number of benzene rings is 2. The fourth-order valence-corrected chi connectivity index (χ4v) is 4.60. The van der Waals surface area contributed by atoms with Crippen LogP contribution in [0.1, 0.15) is 49.5 Å². The van der Waals surface area contributed by atoms with Gasteiger partial charge in [-0.3, -0.25) is 24.6 Å². The van der Waals surface area contributed by atoms with Crippen molar-refractivity contribution >= 4 is 46.4 Å². The molecule has 0 bridgehead atoms. The molecule has 0 aliphatic carbocycles. The molecule has 1 atom stereocenters. The number of ether oxygens (including phenoxy) is 1. The van der Waals surface area contributed by atoms with Gasteiger partial charge < -0.3 is 9.64 Å². The van der Waals surface area contributed by atoms with Gasteiger partial charge in [-0.25, -0.2) is 4.79 Å². The van der Waals surface area contributed by atoms with Crippen molar-refractivity contribution in [1.29, 1.82) is 0 Å². The Morgan fingerprint density at radius 3 is 2.58 bits per heavy atom. The first-order valence-electron chi connectivity index (χ1n) is 11.0. The van der Waals surface area contributed by atoms with Gasteiger partial charge in [-0.2, -0.15) is 0 Å². The Balaban J connectivity index is 1.43. The summed E-state index contributed by atoms with van der Waals surface area (Å²) >= 11 is 0. The average molecular weight is 447 g/mol. The van der Waals surface area contributed by atoms with Gasteiger partial charge in [-0.15, -0.1) is 0 Å². The minimum absolute atomic E-state index is 0.206.